The molecule has 1 aromatic carbocycles. The summed E-state index contributed by atoms with van der Waals surface area (Å²) in [5.41, 5.74) is 2.61. The maximum absolute atomic E-state index is 3.55. The maximum atomic E-state index is 3.55. The zero-order chi connectivity index (χ0) is 12.8. The van der Waals surface area contributed by atoms with Crippen LogP contribution >= 0.6 is 0 Å². The number of benzene rings is 1. The highest BCUT2D eigenvalue weighted by Gasteiger charge is 2.17. The predicted molar refractivity (Wildman–Crippen MR) is 79.1 cm³/mol. The fraction of sp³-hybridized carbons (Fsp3) is 0.625. The van der Waals surface area contributed by atoms with E-state index in [9.17, 15) is 0 Å². The van der Waals surface area contributed by atoms with Crippen molar-refractivity contribution in [3.05, 3.63) is 29.8 Å². The molecule has 1 aromatic rings. The first kappa shape index (κ1) is 13.4. The van der Waals surface area contributed by atoms with Crippen LogP contribution in [-0.2, 0) is 0 Å². The van der Waals surface area contributed by atoms with Crippen molar-refractivity contribution in [2.24, 2.45) is 5.92 Å². The van der Waals surface area contributed by atoms with E-state index in [0.29, 0.717) is 0 Å². The van der Waals surface area contributed by atoms with Gasteiger partial charge in [0.2, 0.25) is 0 Å². The lowest BCUT2D eigenvalue weighted by Crippen LogP contribution is -2.38. The van der Waals surface area contributed by atoms with E-state index in [2.05, 4.69) is 48.3 Å². The molecule has 0 aromatic heterocycles. The molecule has 0 radical (unpaired) electrons. The van der Waals surface area contributed by atoms with Crippen LogP contribution in [0.4, 0.5) is 5.69 Å². The van der Waals surface area contributed by atoms with E-state index in [1.807, 2.05) is 0 Å². The lowest BCUT2D eigenvalue weighted by atomic mass is 9.96. The Balaban J connectivity index is 1.73. The summed E-state index contributed by atoms with van der Waals surface area (Å²) >= 11 is 0. The van der Waals surface area contributed by atoms with E-state index in [0.717, 1.165) is 12.5 Å². The number of anilines is 1. The minimum absolute atomic E-state index is 0.928. The molecular weight excluding hydrogens is 220 g/mol. The van der Waals surface area contributed by atoms with E-state index in [1.54, 1.807) is 0 Å². The summed E-state index contributed by atoms with van der Waals surface area (Å²) in [5.74, 6) is 0.928. The summed E-state index contributed by atoms with van der Waals surface area (Å²) < 4.78 is 0. The second kappa shape index (κ2) is 6.79. The summed E-state index contributed by atoms with van der Waals surface area (Å²) in [6.07, 6.45) is 4.14. The van der Waals surface area contributed by atoms with Gasteiger partial charge in [0.25, 0.3) is 0 Å². The highest BCUT2D eigenvalue weighted by molar-refractivity contribution is 5.50. The molecule has 18 heavy (non-hydrogen) atoms. The molecule has 1 aliphatic heterocycles. The van der Waals surface area contributed by atoms with Gasteiger partial charge in [0, 0.05) is 25.3 Å². The van der Waals surface area contributed by atoms with Crippen LogP contribution in [-0.4, -0.2) is 31.1 Å². The highest BCUT2D eigenvalue weighted by Crippen LogP contribution is 2.19. The normalized spacial score (nSPS) is 20.9. The van der Waals surface area contributed by atoms with Crippen molar-refractivity contribution >= 4 is 5.69 Å². The number of nitrogens with zero attached hydrogens (tertiary/aromatic N) is 1. The van der Waals surface area contributed by atoms with Crippen LogP contribution < -0.4 is 5.32 Å². The summed E-state index contributed by atoms with van der Waals surface area (Å²) in [6, 6.07) is 8.52. The first-order chi connectivity index (χ1) is 8.79. The van der Waals surface area contributed by atoms with Crippen LogP contribution in [0.2, 0.25) is 0 Å². The molecule has 2 heteroatoms. The van der Waals surface area contributed by atoms with Crippen molar-refractivity contribution < 1.29 is 0 Å². The molecule has 0 saturated carbocycles. The minimum atomic E-state index is 0.928. The van der Waals surface area contributed by atoms with Crippen molar-refractivity contribution in [1.29, 1.82) is 0 Å². The monoisotopic (exact) mass is 246 g/mol. The summed E-state index contributed by atoms with van der Waals surface area (Å²) in [4.78, 5) is 2.61. The molecule has 1 fully saturated rings. The smallest absolute Gasteiger partial charge is 0.0370 e. The van der Waals surface area contributed by atoms with Gasteiger partial charge in [-0.05, 0) is 43.9 Å². The van der Waals surface area contributed by atoms with Crippen molar-refractivity contribution in [3.8, 4) is 0 Å². The Morgan fingerprint density at radius 3 is 2.94 bits per heavy atom. The fourth-order valence-electron chi connectivity index (χ4n) is 2.81. The second-order valence-electron chi connectivity index (χ2n) is 5.46. The van der Waals surface area contributed by atoms with Gasteiger partial charge in [-0.2, -0.15) is 0 Å². The summed E-state index contributed by atoms with van der Waals surface area (Å²) in [6.45, 7) is 9.29. The van der Waals surface area contributed by atoms with Crippen LogP contribution in [0.25, 0.3) is 0 Å². The molecule has 0 aliphatic carbocycles. The van der Waals surface area contributed by atoms with Crippen LogP contribution in [0.15, 0.2) is 24.3 Å². The molecule has 100 valence electrons. The summed E-state index contributed by atoms with van der Waals surface area (Å²) in [5, 5.41) is 3.55. The molecule has 2 nitrogen and oxygen atoms in total. The predicted octanol–water partition coefficient (Wildman–Crippen LogP) is 3.53. The van der Waals surface area contributed by atoms with Gasteiger partial charge in [-0.25, -0.2) is 0 Å². The lowest BCUT2D eigenvalue weighted by Gasteiger charge is -2.32. The molecule has 0 amide bonds. The molecule has 0 spiro atoms. The zero-order valence-electron chi connectivity index (χ0n) is 11.8. The van der Waals surface area contributed by atoms with Gasteiger partial charge in [0.1, 0.15) is 0 Å². The first-order valence-corrected chi connectivity index (χ1v) is 7.31. The standard InChI is InChI=1S/C16H26N2/c1-3-15-8-6-11-18(13-15)12-10-17-16-9-5-4-7-14(16)2/h4-5,7,9,15,17H,3,6,8,10-13H2,1-2H3. The van der Waals surface area contributed by atoms with Gasteiger partial charge in [-0.3, -0.25) is 0 Å². The van der Waals surface area contributed by atoms with E-state index >= 15 is 0 Å². The highest BCUT2D eigenvalue weighted by atomic mass is 15.1. The Morgan fingerprint density at radius 1 is 1.33 bits per heavy atom. The quantitative estimate of drug-likeness (QED) is 0.855. The van der Waals surface area contributed by atoms with Crippen molar-refractivity contribution in [3.63, 3.8) is 0 Å². The van der Waals surface area contributed by atoms with Crippen molar-refractivity contribution in [2.75, 3.05) is 31.5 Å². The lowest BCUT2D eigenvalue weighted by molar-refractivity contribution is 0.177. The Bertz CT molecular complexity index is 362. The van der Waals surface area contributed by atoms with Crippen LogP contribution in [0.1, 0.15) is 31.7 Å². The Morgan fingerprint density at radius 2 is 2.17 bits per heavy atom. The van der Waals surface area contributed by atoms with Gasteiger partial charge in [-0.1, -0.05) is 31.5 Å². The van der Waals surface area contributed by atoms with E-state index < -0.39 is 0 Å². The average Bonchev–Trinajstić information content (AvgIpc) is 2.41. The molecule has 1 N–H and O–H groups in total. The first-order valence-electron chi connectivity index (χ1n) is 7.31. The number of likely N-dealkylation sites (tertiary alicyclic amines) is 1. The Hall–Kier alpha value is -1.02. The van der Waals surface area contributed by atoms with Gasteiger partial charge < -0.3 is 10.2 Å². The average molecular weight is 246 g/mol. The third-order valence-corrected chi connectivity index (χ3v) is 4.07. The molecule has 1 heterocycles. The molecule has 1 unspecified atom stereocenters. The van der Waals surface area contributed by atoms with Crippen LogP contribution in [0.3, 0.4) is 0 Å². The van der Waals surface area contributed by atoms with Gasteiger partial charge >= 0.3 is 0 Å². The van der Waals surface area contributed by atoms with Crippen molar-refractivity contribution in [2.45, 2.75) is 33.1 Å². The molecule has 1 aliphatic rings. The van der Waals surface area contributed by atoms with Crippen LogP contribution in [0.5, 0.6) is 0 Å². The van der Waals surface area contributed by atoms with Crippen LogP contribution in [0, 0.1) is 12.8 Å². The van der Waals surface area contributed by atoms with Crippen molar-refractivity contribution in [1.82, 2.24) is 4.90 Å². The number of para-hydroxylation sites is 1. The number of piperidine rings is 1. The van der Waals surface area contributed by atoms with Gasteiger partial charge in [0.15, 0.2) is 0 Å². The largest absolute Gasteiger partial charge is 0.384 e. The topological polar surface area (TPSA) is 15.3 Å². The molecule has 1 saturated heterocycles. The number of aryl methyl sites for hydroxylation is 1. The molecular formula is C16H26N2. The van der Waals surface area contributed by atoms with E-state index in [-0.39, 0.29) is 0 Å². The number of rotatable bonds is 5. The third-order valence-electron chi connectivity index (χ3n) is 4.07. The number of nitrogens with one attached hydrogen (secondary N) is 1. The Kier molecular flexibility index (Phi) is 5.06. The zero-order valence-corrected chi connectivity index (χ0v) is 11.8. The molecule has 2 rings (SSSR count). The molecule has 0 bridgehead atoms. The number of hydrogen-bond donors (Lipinski definition) is 1. The van der Waals surface area contributed by atoms with Gasteiger partial charge in [0.05, 0.1) is 0 Å². The molecule has 1 atom stereocenters. The fourth-order valence-corrected chi connectivity index (χ4v) is 2.81. The van der Waals surface area contributed by atoms with E-state index in [4.69, 9.17) is 0 Å². The Labute approximate surface area is 111 Å². The van der Waals surface area contributed by atoms with E-state index in [1.165, 1.54) is 50.1 Å². The summed E-state index contributed by atoms with van der Waals surface area (Å²) in [7, 11) is 0. The second-order valence-corrected chi connectivity index (χ2v) is 5.46. The number of hydrogen-bond acceptors (Lipinski definition) is 2. The van der Waals surface area contributed by atoms with Gasteiger partial charge in [-0.15, -0.1) is 0 Å². The third kappa shape index (κ3) is 3.74. The maximum Gasteiger partial charge on any atom is 0.0370 e. The SMILES string of the molecule is CCC1CCCN(CCNc2ccccc2C)C1. The minimum Gasteiger partial charge on any atom is -0.384 e.